The molecule has 0 saturated heterocycles. The summed E-state index contributed by atoms with van der Waals surface area (Å²) in [7, 11) is -3.82. The third-order valence-electron chi connectivity index (χ3n) is 3.35. The number of nitrogens with one attached hydrogen (secondary N) is 2. The van der Waals surface area contributed by atoms with Gasteiger partial charge in [-0.15, -0.1) is 11.3 Å². The van der Waals surface area contributed by atoms with Crippen molar-refractivity contribution in [1.29, 1.82) is 0 Å². The van der Waals surface area contributed by atoms with Gasteiger partial charge in [0.2, 0.25) is 0 Å². The molecule has 0 radical (unpaired) electrons. The molecule has 8 heteroatoms. The Labute approximate surface area is 149 Å². The minimum Gasteiger partial charge on any atom is -0.381 e. The first-order valence-corrected chi connectivity index (χ1v) is 9.74. The lowest BCUT2D eigenvalue weighted by Gasteiger charge is -2.08. The number of amides is 1. The Kier molecular flexibility index (Phi) is 5.11. The summed E-state index contributed by atoms with van der Waals surface area (Å²) in [6.45, 7) is 0.603. The summed E-state index contributed by atoms with van der Waals surface area (Å²) in [6.07, 6.45) is 3.48. The number of hydrogen-bond acceptors (Lipinski definition) is 6. The number of carbonyl (C=O) groups is 1. The molecule has 0 bridgehead atoms. The van der Waals surface area contributed by atoms with Crippen molar-refractivity contribution in [2.75, 3.05) is 5.32 Å². The van der Waals surface area contributed by atoms with Gasteiger partial charge in [-0.05, 0) is 47.3 Å². The Morgan fingerprint density at radius 3 is 2.52 bits per heavy atom. The van der Waals surface area contributed by atoms with E-state index in [4.69, 9.17) is 0 Å². The average Bonchev–Trinajstić information content (AvgIpc) is 3.17. The van der Waals surface area contributed by atoms with Gasteiger partial charge in [0.05, 0.1) is 0 Å². The average molecular weight is 373 g/mol. The second-order valence-corrected chi connectivity index (χ2v) is 8.02. The maximum Gasteiger partial charge on any atom is 0.273 e. The van der Waals surface area contributed by atoms with Crippen LogP contribution >= 0.6 is 11.3 Å². The van der Waals surface area contributed by atoms with E-state index in [0.29, 0.717) is 6.54 Å². The Morgan fingerprint density at radius 2 is 1.88 bits per heavy atom. The van der Waals surface area contributed by atoms with E-state index in [1.807, 2.05) is 12.1 Å². The molecule has 3 aromatic rings. The number of benzene rings is 1. The SMILES string of the molecule is O=C(NS(=O)(=O)c1cccs1)c1ccc(NCc2cccnc2)cc1. The van der Waals surface area contributed by atoms with Crippen LogP contribution in [0.3, 0.4) is 0 Å². The molecule has 1 amide bonds. The van der Waals surface area contributed by atoms with Gasteiger partial charge in [0, 0.05) is 30.2 Å². The zero-order valence-electron chi connectivity index (χ0n) is 13.0. The number of nitrogens with zero attached hydrogens (tertiary/aromatic N) is 1. The zero-order chi connectivity index (χ0) is 17.7. The summed E-state index contributed by atoms with van der Waals surface area (Å²) in [6, 6.07) is 13.5. The van der Waals surface area contributed by atoms with Crippen LogP contribution in [0, 0.1) is 0 Å². The van der Waals surface area contributed by atoms with Gasteiger partial charge in [-0.25, -0.2) is 13.1 Å². The van der Waals surface area contributed by atoms with E-state index < -0.39 is 15.9 Å². The fourth-order valence-corrected chi connectivity index (χ4v) is 4.06. The minimum absolute atomic E-state index is 0.107. The third kappa shape index (κ3) is 4.43. The molecule has 2 N–H and O–H groups in total. The quantitative estimate of drug-likeness (QED) is 0.694. The van der Waals surface area contributed by atoms with Gasteiger partial charge in [0.15, 0.2) is 0 Å². The first kappa shape index (κ1) is 17.1. The van der Waals surface area contributed by atoms with Crippen LogP contribution in [0.25, 0.3) is 0 Å². The third-order valence-corrected chi connectivity index (χ3v) is 6.08. The molecule has 0 saturated carbocycles. The highest BCUT2D eigenvalue weighted by Crippen LogP contribution is 2.16. The maximum atomic E-state index is 12.1. The van der Waals surface area contributed by atoms with Gasteiger partial charge >= 0.3 is 0 Å². The van der Waals surface area contributed by atoms with Gasteiger partial charge in [-0.3, -0.25) is 9.78 Å². The van der Waals surface area contributed by atoms with Crippen LogP contribution < -0.4 is 10.0 Å². The number of anilines is 1. The van der Waals surface area contributed by atoms with Crippen molar-refractivity contribution >= 4 is 33.0 Å². The summed E-state index contributed by atoms with van der Waals surface area (Å²) in [4.78, 5) is 16.2. The summed E-state index contributed by atoms with van der Waals surface area (Å²) >= 11 is 1.06. The maximum absolute atomic E-state index is 12.1. The smallest absolute Gasteiger partial charge is 0.273 e. The number of pyridine rings is 1. The van der Waals surface area contributed by atoms with Gasteiger partial charge in [0.25, 0.3) is 15.9 Å². The first-order valence-electron chi connectivity index (χ1n) is 7.38. The van der Waals surface area contributed by atoms with Gasteiger partial charge in [-0.2, -0.15) is 0 Å². The molecule has 0 aliphatic heterocycles. The predicted octanol–water partition coefficient (Wildman–Crippen LogP) is 2.87. The molecule has 3 rings (SSSR count). The van der Waals surface area contributed by atoms with Crippen LogP contribution in [0.1, 0.15) is 15.9 Å². The van der Waals surface area contributed by atoms with Gasteiger partial charge in [-0.1, -0.05) is 12.1 Å². The topological polar surface area (TPSA) is 88.2 Å². The number of carbonyl (C=O) groups excluding carboxylic acids is 1. The monoisotopic (exact) mass is 373 g/mol. The predicted molar refractivity (Wildman–Crippen MR) is 97.0 cm³/mol. The molecular formula is C17H15N3O3S2. The fourth-order valence-electron chi connectivity index (χ4n) is 2.09. The fraction of sp³-hybridized carbons (Fsp3) is 0.0588. The summed E-state index contributed by atoms with van der Waals surface area (Å²) in [5.74, 6) is -0.660. The molecule has 0 spiro atoms. The molecule has 0 fully saturated rings. The first-order chi connectivity index (χ1) is 12.0. The Bertz CT molecular complexity index is 939. The van der Waals surface area contributed by atoms with Crippen molar-refractivity contribution in [3.05, 3.63) is 77.4 Å². The van der Waals surface area contributed by atoms with E-state index in [-0.39, 0.29) is 9.77 Å². The molecule has 0 unspecified atom stereocenters. The van der Waals surface area contributed by atoms with Crippen LogP contribution in [0.15, 0.2) is 70.5 Å². The second-order valence-electron chi connectivity index (χ2n) is 5.16. The van der Waals surface area contributed by atoms with E-state index in [1.165, 1.54) is 6.07 Å². The van der Waals surface area contributed by atoms with Gasteiger partial charge in [0.1, 0.15) is 4.21 Å². The minimum atomic E-state index is -3.82. The highest BCUT2D eigenvalue weighted by Gasteiger charge is 2.19. The molecule has 2 heterocycles. The highest BCUT2D eigenvalue weighted by molar-refractivity contribution is 7.92. The van der Waals surface area contributed by atoms with Crippen molar-refractivity contribution < 1.29 is 13.2 Å². The molecular weight excluding hydrogens is 358 g/mol. The van der Waals surface area contributed by atoms with E-state index >= 15 is 0 Å². The number of hydrogen-bond donors (Lipinski definition) is 2. The molecule has 1 aromatic carbocycles. The molecule has 25 heavy (non-hydrogen) atoms. The Hall–Kier alpha value is -2.71. The second kappa shape index (κ2) is 7.45. The van der Waals surface area contributed by atoms with E-state index in [9.17, 15) is 13.2 Å². The van der Waals surface area contributed by atoms with Crippen molar-refractivity contribution in [3.63, 3.8) is 0 Å². The normalized spacial score (nSPS) is 11.0. The summed E-state index contributed by atoms with van der Waals surface area (Å²) in [5.41, 5.74) is 2.12. The van der Waals surface area contributed by atoms with Crippen LogP contribution in [0.5, 0.6) is 0 Å². The molecule has 2 aromatic heterocycles. The van der Waals surface area contributed by atoms with Crippen molar-refractivity contribution in [1.82, 2.24) is 9.71 Å². The van der Waals surface area contributed by atoms with Crippen LogP contribution in [0.2, 0.25) is 0 Å². The molecule has 6 nitrogen and oxygen atoms in total. The van der Waals surface area contributed by atoms with Crippen molar-refractivity contribution in [2.45, 2.75) is 10.8 Å². The summed E-state index contributed by atoms with van der Waals surface area (Å²) < 4.78 is 26.3. The zero-order valence-corrected chi connectivity index (χ0v) is 14.7. The van der Waals surface area contributed by atoms with E-state index in [2.05, 4.69) is 15.0 Å². The number of aromatic nitrogens is 1. The molecule has 0 atom stereocenters. The molecule has 0 aliphatic carbocycles. The number of sulfonamides is 1. The molecule has 0 aliphatic rings. The van der Waals surface area contributed by atoms with E-state index in [1.54, 1.807) is 48.1 Å². The van der Waals surface area contributed by atoms with E-state index in [0.717, 1.165) is 22.6 Å². The lowest BCUT2D eigenvalue weighted by atomic mass is 10.2. The lowest BCUT2D eigenvalue weighted by molar-refractivity contribution is 0.0981. The lowest BCUT2D eigenvalue weighted by Crippen LogP contribution is -2.29. The van der Waals surface area contributed by atoms with Crippen molar-refractivity contribution in [2.24, 2.45) is 0 Å². The Morgan fingerprint density at radius 1 is 1.08 bits per heavy atom. The summed E-state index contributed by atoms with van der Waals surface area (Å²) in [5, 5.41) is 4.85. The van der Waals surface area contributed by atoms with Gasteiger partial charge < -0.3 is 5.32 Å². The van der Waals surface area contributed by atoms with Crippen LogP contribution in [0.4, 0.5) is 5.69 Å². The molecule has 128 valence electrons. The Balaban J connectivity index is 1.63. The largest absolute Gasteiger partial charge is 0.381 e. The highest BCUT2D eigenvalue weighted by atomic mass is 32.2. The van der Waals surface area contributed by atoms with Crippen molar-refractivity contribution in [3.8, 4) is 0 Å². The van der Waals surface area contributed by atoms with Crippen LogP contribution in [-0.4, -0.2) is 19.3 Å². The number of rotatable bonds is 6. The standard InChI is InChI=1S/C17H15N3O3S2/c21-17(20-25(22,23)16-4-2-10-24-16)14-5-7-15(8-6-14)19-12-13-3-1-9-18-11-13/h1-11,19H,12H2,(H,20,21). The number of thiophene rings is 1. The van der Waals surface area contributed by atoms with Crippen LogP contribution in [-0.2, 0) is 16.6 Å².